The number of sulfonamides is 1. The molecular weight excluding hydrogens is 624 g/mol. The zero-order chi connectivity index (χ0) is 32.1. The fourth-order valence-electron chi connectivity index (χ4n) is 8.55. The summed E-state index contributed by atoms with van der Waals surface area (Å²) in [6, 6.07) is 11.4. The molecule has 5 aliphatic rings. The van der Waals surface area contributed by atoms with Crippen molar-refractivity contribution in [3.05, 3.63) is 70.3 Å². The summed E-state index contributed by atoms with van der Waals surface area (Å²) in [5.74, 6) is 0.149. The Bertz CT molecular complexity index is 1610. The first-order valence-electron chi connectivity index (χ1n) is 16.9. The van der Waals surface area contributed by atoms with Gasteiger partial charge in [0.25, 0.3) is 5.91 Å². The maximum atomic E-state index is 13.9. The Hall–Kier alpha value is -2.59. The molecule has 2 N–H and O–H groups in total. The Morgan fingerprint density at radius 1 is 1.13 bits per heavy atom. The van der Waals surface area contributed by atoms with Crippen LogP contribution in [-0.2, 0) is 26.6 Å². The molecule has 3 heterocycles. The molecule has 0 unspecified atom stereocenters. The molecule has 1 saturated carbocycles. The summed E-state index contributed by atoms with van der Waals surface area (Å²) >= 11 is 6.41. The number of carbonyl (C=O) groups excluding carboxylic acids is 1. The molecule has 1 amide bonds. The van der Waals surface area contributed by atoms with E-state index in [4.69, 9.17) is 21.1 Å². The number of aliphatic hydroxyl groups is 1. The number of carbonyl (C=O) groups is 1. The molecule has 7 atom stereocenters. The van der Waals surface area contributed by atoms with Gasteiger partial charge in [0.15, 0.2) is 0 Å². The Kier molecular flexibility index (Phi) is 8.89. The lowest BCUT2D eigenvalue weighted by Crippen LogP contribution is -2.49. The van der Waals surface area contributed by atoms with Crippen LogP contribution in [0.15, 0.2) is 48.6 Å². The Labute approximate surface area is 277 Å². The first kappa shape index (κ1) is 32.0. The first-order valence-corrected chi connectivity index (χ1v) is 18.9. The van der Waals surface area contributed by atoms with Crippen LogP contribution >= 0.6 is 11.6 Å². The van der Waals surface area contributed by atoms with Crippen molar-refractivity contribution in [2.45, 2.75) is 87.6 Å². The molecule has 0 radical (unpaired) electrons. The lowest BCUT2D eigenvalue weighted by atomic mass is 9.68. The summed E-state index contributed by atoms with van der Waals surface area (Å²) in [7, 11) is -4.04. The number of aryl methyl sites for hydroxylation is 1. The molecule has 2 aromatic rings. The molecule has 0 aromatic heterocycles. The third-order valence-corrected chi connectivity index (χ3v) is 13.5. The predicted octanol–water partition coefficient (Wildman–Crippen LogP) is 5.79. The van der Waals surface area contributed by atoms with Crippen molar-refractivity contribution < 1.29 is 27.8 Å². The van der Waals surface area contributed by atoms with Crippen LogP contribution in [0.4, 0.5) is 5.69 Å². The van der Waals surface area contributed by atoms with E-state index in [-0.39, 0.29) is 34.8 Å². The third kappa shape index (κ3) is 6.20. The standard InChI is InChI=1S/C36H45ClN2O6S/c1-23-5-2-8-32(40)29-12-9-26(29)20-39-21-36(15-3-6-24-17-27(37)11-13-30(24)36)22-45-33-14-10-25(18-31(33)39)35(41)38-46(42,43)34(23)19-28-7-4-16-44-28/h2,8,10-11,13-14,17-18,23,26,28-29,32,34,40H,3-7,9,12,15-16,19-22H2,1H3,(H,38,41)/b8-2+/t23-,26+,28+,29-,32+,34-,36+/m1/s1. The predicted molar refractivity (Wildman–Crippen MR) is 179 cm³/mol. The van der Waals surface area contributed by atoms with Crippen LogP contribution in [0.5, 0.6) is 5.75 Å². The van der Waals surface area contributed by atoms with Gasteiger partial charge in [0.1, 0.15) is 5.75 Å². The number of hydrogen-bond acceptors (Lipinski definition) is 7. The number of fused-ring (bicyclic) bond motifs is 4. The highest BCUT2D eigenvalue weighted by atomic mass is 35.5. The van der Waals surface area contributed by atoms with Gasteiger partial charge in [-0.3, -0.25) is 4.79 Å². The van der Waals surface area contributed by atoms with Gasteiger partial charge in [-0.05, 0) is 117 Å². The summed E-state index contributed by atoms with van der Waals surface area (Å²) in [4.78, 5) is 16.0. The van der Waals surface area contributed by atoms with Crippen LogP contribution in [0, 0.1) is 17.8 Å². The number of allylic oxidation sites excluding steroid dienone is 1. The number of aliphatic hydroxyl groups excluding tert-OH is 1. The lowest BCUT2D eigenvalue weighted by Gasteiger charge is -2.45. The molecule has 2 aromatic carbocycles. The van der Waals surface area contributed by atoms with E-state index >= 15 is 0 Å². The topological polar surface area (TPSA) is 105 Å². The SMILES string of the molecule is C[C@@H]1C/C=C/[C@H](O)[C@@H]2CC[C@H]2CN2C[C@@]3(CCCc4cc(Cl)ccc43)COc3ccc(cc32)C(=O)NS(=O)(=O)[C@@H]1C[C@@H]1CCCO1. The van der Waals surface area contributed by atoms with Gasteiger partial charge in [0, 0.05) is 35.7 Å². The Morgan fingerprint density at radius 2 is 2.00 bits per heavy atom. The van der Waals surface area contributed by atoms with Gasteiger partial charge in [-0.15, -0.1) is 0 Å². The second-order valence-electron chi connectivity index (χ2n) is 14.3. The van der Waals surface area contributed by atoms with Crippen LogP contribution < -0.4 is 14.4 Å². The minimum atomic E-state index is -4.04. The van der Waals surface area contributed by atoms with E-state index in [0.717, 1.165) is 55.7 Å². The third-order valence-electron chi connectivity index (χ3n) is 11.3. The van der Waals surface area contributed by atoms with Gasteiger partial charge in [0.2, 0.25) is 10.0 Å². The fourth-order valence-corrected chi connectivity index (χ4v) is 10.5. The molecule has 3 aliphatic heterocycles. The minimum Gasteiger partial charge on any atom is -0.490 e. The van der Waals surface area contributed by atoms with Gasteiger partial charge in [-0.1, -0.05) is 36.7 Å². The van der Waals surface area contributed by atoms with E-state index in [1.54, 1.807) is 18.2 Å². The average Bonchev–Trinajstić information content (AvgIpc) is 3.47. The number of nitrogens with zero attached hydrogens (tertiary/aromatic N) is 1. The van der Waals surface area contributed by atoms with Crippen LogP contribution in [0.2, 0.25) is 5.02 Å². The Balaban J connectivity index is 1.27. The molecule has 248 valence electrons. The fraction of sp³-hybridized carbons (Fsp3) is 0.583. The van der Waals surface area contributed by atoms with E-state index in [0.29, 0.717) is 44.9 Å². The largest absolute Gasteiger partial charge is 0.490 e. The summed E-state index contributed by atoms with van der Waals surface area (Å²) in [6.07, 6.45) is 10.4. The molecule has 2 bridgehead atoms. The summed E-state index contributed by atoms with van der Waals surface area (Å²) < 4.78 is 42.5. The van der Waals surface area contributed by atoms with E-state index in [9.17, 15) is 18.3 Å². The monoisotopic (exact) mass is 668 g/mol. The van der Waals surface area contributed by atoms with E-state index in [2.05, 4.69) is 21.8 Å². The number of ether oxygens (including phenoxy) is 2. The maximum absolute atomic E-state index is 13.9. The van der Waals surface area contributed by atoms with Gasteiger partial charge in [0.05, 0.1) is 29.8 Å². The second-order valence-corrected chi connectivity index (χ2v) is 16.6. The summed E-state index contributed by atoms with van der Waals surface area (Å²) in [5.41, 5.74) is 3.31. The molecular formula is C36H45ClN2O6S. The quantitative estimate of drug-likeness (QED) is 0.390. The highest BCUT2D eigenvalue weighted by molar-refractivity contribution is 7.90. The molecule has 2 fully saturated rings. The molecule has 2 aliphatic carbocycles. The highest BCUT2D eigenvalue weighted by Crippen LogP contribution is 2.47. The first-order chi connectivity index (χ1) is 22.1. The zero-order valence-corrected chi connectivity index (χ0v) is 28.1. The number of anilines is 1. The maximum Gasteiger partial charge on any atom is 0.264 e. The van der Waals surface area contributed by atoms with Gasteiger partial charge < -0.3 is 19.5 Å². The minimum absolute atomic E-state index is 0.110. The summed E-state index contributed by atoms with van der Waals surface area (Å²) in [5, 5.41) is 11.2. The molecule has 10 heteroatoms. The number of benzene rings is 2. The van der Waals surface area contributed by atoms with Crippen molar-refractivity contribution >= 4 is 33.2 Å². The van der Waals surface area contributed by atoms with Crippen molar-refractivity contribution in [3.63, 3.8) is 0 Å². The van der Waals surface area contributed by atoms with Gasteiger partial charge >= 0.3 is 0 Å². The smallest absolute Gasteiger partial charge is 0.264 e. The highest BCUT2D eigenvalue weighted by Gasteiger charge is 2.44. The molecule has 7 rings (SSSR count). The van der Waals surface area contributed by atoms with Crippen molar-refractivity contribution in [2.24, 2.45) is 17.8 Å². The van der Waals surface area contributed by atoms with E-state index in [1.165, 1.54) is 11.1 Å². The average molecular weight is 669 g/mol. The second kappa shape index (κ2) is 12.8. The van der Waals surface area contributed by atoms with Crippen molar-refractivity contribution in [1.82, 2.24) is 4.72 Å². The van der Waals surface area contributed by atoms with Gasteiger partial charge in [-0.2, -0.15) is 0 Å². The van der Waals surface area contributed by atoms with Crippen LogP contribution in [0.3, 0.4) is 0 Å². The molecule has 8 nitrogen and oxygen atoms in total. The molecule has 46 heavy (non-hydrogen) atoms. The lowest BCUT2D eigenvalue weighted by molar-refractivity contribution is 0.0455. The summed E-state index contributed by atoms with van der Waals surface area (Å²) in [6.45, 7) is 4.42. The molecule has 1 spiro atoms. The number of rotatable bonds is 2. The van der Waals surface area contributed by atoms with Crippen molar-refractivity contribution in [2.75, 3.05) is 31.2 Å². The van der Waals surface area contributed by atoms with Crippen LogP contribution in [-0.4, -0.2) is 63.2 Å². The molecule has 1 saturated heterocycles. The van der Waals surface area contributed by atoms with Gasteiger partial charge in [-0.25, -0.2) is 13.1 Å². The number of nitrogens with one attached hydrogen (secondary N) is 1. The normalized spacial score (nSPS) is 34.8. The zero-order valence-electron chi connectivity index (χ0n) is 26.5. The van der Waals surface area contributed by atoms with E-state index in [1.807, 2.05) is 25.1 Å². The number of amides is 1. The van der Waals surface area contributed by atoms with Crippen LogP contribution in [0.1, 0.15) is 79.8 Å². The van der Waals surface area contributed by atoms with Crippen molar-refractivity contribution in [1.29, 1.82) is 0 Å². The number of hydrogen-bond donors (Lipinski definition) is 2. The number of halogens is 1. The Morgan fingerprint density at radius 3 is 2.78 bits per heavy atom. The van der Waals surface area contributed by atoms with E-state index < -0.39 is 27.3 Å². The van der Waals surface area contributed by atoms with Crippen molar-refractivity contribution in [3.8, 4) is 5.75 Å². The van der Waals surface area contributed by atoms with Crippen LogP contribution in [0.25, 0.3) is 0 Å².